The summed E-state index contributed by atoms with van der Waals surface area (Å²) in [7, 11) is 4.28. The van der Waals surface area contributed by atoms with Gasteiger partial charge in [-0.1, -0.05) is 12.1 Å². The summed E-state index contributed by atoms with van der Waals surface area (Å²) in [5, 5.41) is 1.18. The van der Waals surface area contributed by atoms with Crippen LogP contribution in [0.1, 0.15) is 0 Å². The van der Waals surface area contributed by atoms with E-state index in [0.29, 0.717) is 0 Å². The second-order valence-electron chi connectivity index (χ2n) is 1.77. The summed E-state index contributed by atoms with van der Waals surface area (Å²) < 4.78 is 4.96. The number of methoxy groups -OCH3 is 1. The summed E-state index contributed by atoms with van der Waals surface area (Å²) in [5.74, 6) is 0.904. The molecule has 0 saturated carbocycles. The fraction of sp³-hybridized carbons (Fsp3) is 0.143. The maximum atomic E-state index is 4.96. The van der Waals surface area contributed by atoms with Crippen LogP contribution >= 0.6 is 9.24 Å². The molecular weight excluding hydrogens is 131 g/mol. The van der Waals surface area contributed by atoms with Crippen molar-refractivity contribution >= 4 is 14.5 Å². The third-order valence-electron chi connectivity index (χ3n) is 1.12. The number of hydrogen-bond acceptors (Lipinski definition) is 1. The first-order valence-electron chi connectivity index (χ1n) is 2.72. The van der Waals surface area contributed by atoms with Crippen LogP contribution in [-0.2, 0) is 0 Å². The molecule has 0 N–H and O–H groups in total. The Morgan fingerprint density at radius 3 is 2.22 bits per heavy atom. The number of benzene rings is 1. The van der Waals surface area contributed by atoms with E-state index in [1.807, 2.05) is 24.3 Å². The topological polar surface area (TPSA) is 9.23 Å². The minimum Gasteiger partial charge on any atom is -0.497 e. The highest BCUT2D eigenvalue weighted by Gasteiger charge is 1.85. The Balaban J connectivity index is 2.88. The van der Waals surface area contributed by atoms with Crippen molar-refractivity contribution in [2.24, 2.45) is 0 Å². The van der Waals surface area contributed by atoms with Gasteiger partial charge in [-0.15, -0.1) is 9.24 Å². The highest BCUT2D eigenvalue weighted by molar-refractivity contribution is 7.27. The van der Waals surface area contributed by atoms with Crippen molar-refractivity contribution in [3.8, 4) is 5.75 Å². The molecule has 1 nitrogen and oxygen atoms in total. The van der Waals surface area contributed by atoms with Gasteiger partial charge in [0.1, 0.15) is 5.75 Å². The standard InChI is InChI=1S/C7H9OP/c1-8-6-2-4-7(9)5-3-6/h2-5H,9H2,1H3. The average molecular weight is 140 g/mol. The van der Waals surface area contributed by atoms with Crippen molar-refractivity contribution in [1.29, 1.82) is 0 Å². The zero-order valence-electron chi connectivity index (χ0n) is 5.29. The van der Waals surface area contributed by atoms with Gasteiger partial charge in [0.25, 0.3) is 0 Å². The van der Waals surface area contributed by atoms with Crippen LogP contribution < -0.4 is 10.0 Å². The minimum absolute atomic E-state index is 0.904. The van der Waals surface area contributed by atoms with Crippen LogP contribution in [0.2, 0.25) is 0 Å². The molecule has 1 aromatic carbocycles. The van der Waals surface area contributed by atoms with Gasteiger partial charge in [0.2, 0.25) is 0 Å². The van der Waals surface area contributed by atoms with Crippen LogP contribution in [0.5, 0.6) is 5.75 Å². The molecule has 0 aliphatic carbocycles. The molecule has 0 heterocycles. The molecule has 0 radical (unpaired) electrons. The predicted molar refractivity (Wildman–Crippen MR) is 42.3 cm³/mol. The van der Waals surface area contributed by atoms with Gasteiger partial charge in [-0.05, 0) is 17.4 Å². The Morgan fingerprint density at radius 1 is 1.22 bits per heavy atom. The molecule has 0 saturated heterocycles. The number of ether oxygens (including phenoxy) is 1. The summed E-state index contributed by atoms with van der Waals surface area (Å²) in [6, 6.07) is 7.84. The molecule has 0 aliphatic heterocycles. The van der Waals surface area contributed by atoms with Crippen molar-refractivity contribution in [2.45, 2.75) is 0 Å². The largest absolute Gasteiger partial charge is 0.497 e. The maximum Gasteiger partial charge on any atom is 0.118 e. The lowest BCUT2D eigenvalue weighted by molar-refractivity contribution is 0.415. The fourth-order valence-corrected chi connectivity index (χ4v) is 0.796. The van der Waals surface area contributed by atoms with Gasteiger partial charge in [-0.25, -0.2) is 0 Å². The lowest BCUT2D eigenvalue weighted by atomic mass is 10.3. The summed E-state index contributed by atoms with van der Waals surface area (Å²) in [6.45, 7) is 0. The molecule has 9 heavy (non-hydrogen) atoms. The van der Waals surface area contributed by atoms with Crippen LogP contribution in [0.15, 0.2) is 24.3 Å². The Morgan fingerprint density at radius 2 is 1.78 bits per heavy atom. The van der Waals surface area contributed by atoms with Gasteiger partial charge in [0.15, 0.2) is 0 Å². The highest BCUT2D eigenvalue weighted by atomic mass is 31.0. The molecule has 2 heteroatoms. The Hall–Kier alpha value is -0.550. The average Bonchev–Trinajstić information content (AvgIpc) is 1.90. The molecular formula is C7H9OP. The summed E-state index contributed by atoms with van der Waals surface area (Å²) in [6.07, 6.45) is 0. The highest BCUT2D eigenvalue weighted by Crippen LogP contribution is 2.06. The predicted octanol–water partition coefficient (Wildman–Crippen LogP) is 1.20. The van der Waals surface area contributed by atoms with E-state index in [9.17, 15) is 0 Å². The van der Waals surface area contributed by atoms with E-state index in [0.717, 1.165) is 5.75 Å². The van der Waals surface area contributed by atoms with E-state index < -0.39 is 0 Å². The Labute approximate surface area is 57.2 Å². The Kier molecular flexibility index (Phi) is 2.07. The molecule has 0 amide bonds. The van der Waals surface area contributed by atoms with Crippen molar-refractivity contribution in [1.82, 2.24) is 0 Å². The zero-order chi connectivity index (χ0) is 6.69. The van der Waals surface area contributed by atoms with Crippen molar-refractivity contribution < 1.29 is 4.74 Å². The van der Waals surface area contributed by atoms with Gasteiger partial charge in [-0.3, -0.25) is 0 Å². The normalized spacial score (nSPS) is 9.11. The lowest BCUT2D eigenvalue weighted by Crippen LogP contribution is -1.88. The molecule has 0 aromatic heterocycles. The van der Waals surface area contributed by atoms with E-state index in [1.165, 1.54) is 5.30 Å². The second-order valence-corrected chi connectivity index (χ2v) is 2.44. The van der Waals surface area contributed by atoms with Gasteiger partial charge in [0, 0.05) is 0 Å². The van der Waals surface area contributed by atoms with E-state index in [4.69, 9.17) is 4.74 Å². The fourth-order valence-electron chi connectivity index (χ4n) is 0.604. The molecule has 0 aliphatic rings. The second kappa shape index (κ2) is 2.84. The Bertz CT molecular complexity index is 181. The van der Waals surface area contributed by atoms with E-state index in [2.05, 4.69) is 9.24 Å². The molecule has 1 atom stereocenters. The van der Waals surface area contributed by atoms with Gasteiger partial charge >= 0.3 is 0 Å². The summed E-state index contributed by atoms with van der Waals surface area (Å²) >= 11 is 0. The first kappa shape index (κ1) is 6.57. The van der Waals surface area contributed by atoms with E-state index in [-0.39, 0.29) is 0 Å². The molecule has 1 aromatic rings. The van der Waals surface area contributed by atoms with Gasteiger partial charge in [-0.2, -0.15) is 0 Å². The monoisotopic (exact) mass is 140 g/mol. The van der Waals surface area contributed by atoms with Crippen molar-refractivity contribution in [3.63, 3.8) is 0 Å². The van der Waals surface area contributed by atoms with Crippen LogP contribution in [0.3, 0.4) is 0 Å². The molecule has 1 rings (SSSR count). The van der Waals surface area contributed by atoms with E-state index in [1.54, 1.807) is 7.11 Å². The third kappa shape index (κ3) is 1.69. The molecule has 1 unspecified atom stereocenters. The number of rotatable bonds is 1. The lowest BCUT2D eigenvalue weighted by Gasteiger charge is -1.96. The molecule has 0 bridgehead atoms. The van der Waals surface area contributed by atoms with Crippen LogP contribution in [0, 0.1) is 0 Å². The number of hydrogen-bond donors (Lipinski definition) is 0. The zero-order valence-corrected chi connectivity index (χ0v) is 6.45. The summed E-state index contributed by atoms with van der Waals surface area (Å²) in [4.78, 5) is 0. The minimum atomic E-state index is 0.904. The SMILES string of the molecule is COc1ccc(P)cc1. The van der Waals surface area contributed by atoms with Crippen molar-refractivity contribution in [3.05, 3.63) is 24.3 Å². The first-order chi connectivity index (χ1) is 4.33. The van der Waals surface area contributed by atoms with Crippen LogP contribution in [0.25, 0.3) is 0 Å². The molecule has 0 spiro atoms. The molecule has 0 fully saturated rings. The molecule has 48 valence electrons. The van der Waals surface area contributed by atoms with Crippen LogP contribution in [0.4, 0.5) is 0 Å². The van der Waals surface area contributed by atoms with Crippen LogP contribution in [-0.4, -0.2) is 7.11 Å². The third-order valence-corrected chi connectivity index (χ3v) is 1.50. The smallest absolute Gasteiger partial charge is 0.118 e. The summed E-state index contributed by atoms with van der Waals surface area (Å²) in [5.41, 5.74) is 0. The van der Waals surface area contributed by atoms with Gasteiger partial charge in [0.05, 0.1) is 7.11 Å². The van der Waals surface area contributed by atoms with E-state index >= 15 is 0 Å². The first-order valence-corrected chi connectivity index (χ1v) is 3.30. The van der Waals surface area contributed by atoms with Gasteiger partial charge < -0.3 is 4.74 Å². The maximum absolute atomic E-state index is 4.96. The quantitative estimate of drug-likeness (QED) is 0.532. The van der Waals surface area contributed by atoms with Crippen molar-refractivity contribution in [2.75, 3.05) is 7.11 Å².